The van der Waals surface area contributed by atoms with Crippen LogP contribution in [0.15, 0.2) is 12.4 Å². The quantitative estimate of drug-likeness (QED) is 0.883. The lowest BCUT2D eigenvalue weighted by Gasteiger charge is -2.21. The Morgan fingerprint density at radius 3 is 2.35 bits per heavy atom. The number of rotatable bonds is 3. The molecule has 17 heavy (non-hydrogen) atoms. The zero-order valence-electron chi connectivity index (χ0n) is 10.4. The summed E-state index contributed by atoms with van der Waals surface area (Å²) in [6.45, 7) is 7.51. The van der Waals surface area contributed by atoms with E-state index in [4.69, 9.17) is 5.26 Å². The molecule has 0 aliphatic rings. The summed E-state index contributed by atoms with van der Waals surface area (Å²) in [6, 6.07) is 1.73. The Balaban J connectivity index is 2.74. The largest absolute Gasteiger partial charge is 0.242 e. The van der Waals surface area contributed by atoms with Crippen molar-refractivity contribution in [2.45, 2.75) is 38.5 Å². The second-order valence-electron chi connectivity index (χ2n) is 4.66. The average molecular weight is 252 g/mol. The molecule has 0 spiro atoms. The molecule has 2 atom stereocenters. The monoisotopic (exact) mass is 252 g/mol. The highest BCUT2D eigenvalue weighted by Crippen LogP contribution is 2.14. The summed E-state index contributed by atoms with van der Waals surface area (Å²) in [4.78, 5) is 8.11. The fourth-order valence-corrected chi connectivity index (χ4v) is 1.79. The van der Waals surface area contributed by atoms with Gasteiger partial charge in [-0.05, 0) is 27.7 Å². The standard InChI is InChI=1S/C11H16N4OS/c1-8(15-17(16)11(2,3)4)10-13-6-9(5-12)7-14-10/h6-8,15H,1-4H3/t8-,17-/m1/s1. The fourth-order valence-electron chi connectivity index (χ4n) is 1.01. The zero-order valence-corrected chi connectivity index (χ0v) is 11.2. The van der Waals surface area contributed by atoms with Gasteiger partial charge < -0.3 is 0 Å². The number of hydrogen-bond donors (Lipinski definition) is 1. The number of aromatic nitrogens is 2. The molecule has 0 bridgehead atoms. The third-order valence-electron chi connectivity index (χ3n) is 2.03. The molecule has 0 unspecified atom stereocenters. The highest BCUT2D eigenvalue weighted by Gasteiger charge is 2.22. The van der Waals surface area contributed by atoms with Crippen LogP contribution in [-0.4, -0.2) is 18.9 Å². The van der Waals surface area contributed by atoms with Gasteiger partial charge in [0.2, 0.25) is 0 Å². The molecule has 5 nitrogen and oxygen atoms in total. The van der Waals surface area contributed by atoms with Crippen LogP contribution in [0.25, 0.3) is 0 Å². The molecule has 1 heterocycles. The molecule has 0 amide bonds. The van der Waals surface area contributed by atoms with Gasteiger partial charge in [-0.1, -0.05) is 0 Å². The summed E-state index contributed by atoms with van der Waals surface area (Å²) in [6.07, 6.45) is 2.92. The van der Waals surface area contributed by atoms with E-state index in [-0.39, 0.29) is 10.8 Å². The van der Waals surface area contributed by atoms with Crippen molar-refractivity contribution < 1.29 is 4.21 Å². The van der Waals surface area contributed by atoms with Crippen molar-refractivity contribution in [3.8, 4) is 6.07 Å². The molecule has 0 aliphatic carbocycles. The van der Waals surface area contributed by atoms with E-state index in [1.165, 1.54) is 12.4 Å². The molecule has 0 aromatic carbocycles. The zero-order chi connectivity index (χ0) is 13.1. The first-order valence-electron chi connectivity index (χ1n) is 5.24. The predicted octanol–water partition coefficient (Wildman–Crippen LogP) is 1.46. The first-order valence-corrected chi connectivity index (χ1v) is 6.39. The summed E-state index contributed by atoms with van der Waals surface area (Å²) in [5.41, 5.74) is 0.415. The van der Waals surface area contributed by atoms with Crippen LogP contribution in [0.5, 0.6) is 0 Å². The Labute approximate surface area is 104 Å². The van der Waals surface area contributed by atoms with E-state index in [1.807, 2.05) is 33.8 Å². The van der Waals surface area contributed by atoms with E-state index in [2.05, 4.69) is 14.7 Å². The normalized spacial score (nSPS) is 15.0. The van der Waals surface area contributed by atoms with Crippen LogP contribution >= 0.6 is 0 Å². The highest BCUT2D eigenvalue weighted by atomic mass is 32.2. The van der Waals surface area contributed by atoms with E-state index in [9.17, 15) is 4.21 Å². The maximum absolute atomic E-state index is 11.9. The van der Waals surface area contributed by atoms with E-state index in [0.29, 0.717) is 11.4 Å². The Kier molecular flexibility index (Phi) is 4.32. The van der Waals surface area contributed by atoms with Crippen molar-refractivity contribution in [1.29, 1.82) is 5.26 Å². The highest BCUT2D eigenvalue weighted by molar-refractivity contribution is 7.84. The molecular weight excluding hydrogens is 236 g/mol. The lowest BCUT2D eigenvalue weighted by atomic mass is 10.3. The molecule has 1 aromatic heterocycles. The molecule has 0 radical (unpaired) electrons. The van der Waals surface area contributed by atoms with Crippen molar-refractivity contribution >= 4 is 11.0 Å². The van der Waals surface area contributed by atoms with Gasteiger partial charge >= 0.3 is 0 Å². The fraction of sp³-hybridized carbons (Fsp3) is 0.545. The van der Waals surface area contributed by atoms with E-state index in [1.54, 1.807) is 0 Å². The molecule has 0 fully saturated rings. The van der Waals surface area contributed by atoms with E-state index >= 15 is 0 Å². The Morgan fingerprint density at radius 1 is 1.41 bits per heavy atom. The van der Waals surface area contributed by atoms with Crippen molar-refractivity contribution in [3.05, 3.63) is 23.8 Å². The van der Waals surface area contributed by atoms with Gasteiger partial charge in [0.25, 0.3) is 0 Å². The molecule has 92 valence electrons. The second-order valence-corrected chi connectivity index (χ2v) is 6.66. The molecule has 0 saturated heterocycles. The Hall–Kier alpha value is -1.32. The van der Waals surface area contributed by atoms with Crippen LogP contribution in [0.1, 0.15) is 45.1 Å². The van der Waals surface area contributed by atoms with E-state index < -0.39 is 11.0 Å². The topological polar surface area (TPSA) is 78.7 Å². The van der Waals surface area contributed by atoms with Crippen LogP contribution in [0.3, 0.4) is 0 Å². The van der Waals surface area contributed by atoms with Gasteiger partial charge in [-0.3, -0.25) is 0 Å². The van der Waals surface area contributed by atoms with Crippen LogP contribution < -0.4 is 4.72 Å². The smallest absolute Gasteiger partial charge is 0.145 e. The summed E-state index contributed by atoms with van der Waals surface area (Å²) in [5.74, 6) is 0.529. The van der Waals surface area contributed by atoms with Crippen molar-refractivity contribution in [1.82, 2.24) is 14.7 Å². The van der Waals surface area contributed by atoms with Crippen LogP contribution in [0.2, 0.25) is 0 Å². The Bertz CT molecular complexity index is 444. The van der Waals surface area contributed by atoms with E-state index in [0.717, 1.165) is 0 Å². The number of nitriles is 1. The summed E-state index contributed by atoms with van der Waals surface area (Å²) in [5, 5.41) is 8.62. The SMILES string of the molecule is C[C@@H](N[S@](=O)C(C)(C)C)c1ncc(C#N)cn1. The van der Waals surface area contributed by atoms with Crippen molar-refractivity contribution in [2.24, 2.45) is 0 Å². The minimum absolute atomic E-state index is 0.220. The van der Waals surface area contributed by atoms with Gasteiger partial charge in [-0.15, -0.1) is 0 Å². The van der Waals surface area contributed by atoms with Gasteiger partial charge in [0.15, 0.2) is 0 Å². The molecule has 0 aliphatic heterocycles. The Morgan fingerprint density at radius 2 is 1.94 bits per heavy atom. The maximum atomic E-state index is 11.9. The van der Waals surface area contributed by atoms with Crippen LogP contribution in [0.4, 0.5) is 0 Å². The summed E-state index contributed by atoms with van der Waals surface area (Å²) < 4.78 is 14.5. The number of hydrogen-bond acceptors (Lipinski definition) is 4. The molecule has 0 saturated carbocycles. The minimum Gasteiger partial charge on any atom is -0.242 e. The summed E-state index contributed by atoms with van der Waals surface area (Å²) in [7, 11) is -1.17. The van der Waals surface area contributed by atoms with Crippen LogP contribution in [-0.2, 0) is 11.0 Å². The number of nitrogens with zero attached hydrogens (tertiary/aromatic N) is 3. The maximum Gasteiger partial charge on any atom is 0.145 e. The first-order chi connectivity index (χ1) is 7.84. The lowest BCUT2D eigenvalue weighted by Crippen LogP contribution is -2.35. The lowest BCUT2D eigenvalue weighted by molar-refractivity contribution is 0.604. The molecule has 1 rings (SSSR count). The van der Waals surface area contributed by atoms with Crippen molar-refractivity contribution in [3.63, 3.8) is 0 Å². The third kappa shape index (κ3) is 3.88. The second kappa shape index (κ2) is 5.34. The predicted molar refractivity (Wildman–Crippen MR) is 66.2 cm³/mol. The third-order valence-corrected chi connectivity index (χ3v) is 3.71. The summed E-state index contributed by atoms with van der Waals surface area (Å²) >= 11 is 0. The van der Waals surface area contributed by atoms with Crippen LogP contribution in [0, 0.1) is 11.3 Å². The van der Waals surface area contributed by atoms with Crippen molar-refractivity contribution in [2.75, 3.05) is 0 Å². The number of nitrogens with one attached hydrogen (secondary N) is 1. The van der Waals surface area contributed by atoms with Gasteiger partial charge in [-0.25, -0.2) is 18.9 Å². The molecular formula is C11H16N4OS. The van der Waals surface area contributed by atoms with Gasteiger partial charge in [0.05, 0.1) is 27.3 Å². The molecule has 1 N–H and O–H groups in total. The van der Waals surface area contributed by atoms with Gasteiger partial charge in [-0.2, -0.15) is 5.26 Å². The molecule has 1 aromatic rings. The molecule has 6 heteroatoms. The average Bonchev–Trinajstić information content (AvgIpc) is 2.27. The first kappa shape index (κ1) is 13.7. The van der Waals surface area contributed by atoms with Gasteiger partial charge in [0.1, 0.15) is 11.9 Å². The minimum atomic E-state index is -1.17. The van der Waals surface area contributed by atoms with Gasteiger partial charge in [0, 0.05) is 12.4 Å².